The Bertz CT molecular complexity index is 534. The molecule has 1 saturated carbocycles. The van der Waals surface area contributed by atoms with Crippen molar-refractivity contribution < 1.29 is 9.90 Å². The van der Waals surface area contributed by atoms with Crippen molar-refractivity contribution in [3.05, 3.63) is 34.9 Å². The molecule has 1 heterocycles. The van der Waals surface area contributed by atoms with Crippen molar-refractivity contribution in [1.29, 1.82) is 0 Å². The number of nitrogens with one attached hydrogen (secondary N) is 1. The van der Waals surface area contributed by atoms with E-state index >= 15 is 0 Å². The van der Waals surface area contributed by atoms with Gasteiger partial charge in [-0.1, -0.05) is 30.7 Å². The maximum atomic E-state index is 12.5. The number of benzene rings is 1. The highest BCUT2D eigenvalue weighted by Crippen LogP contribution is 2.47. The third kappa shape index (κ3) is 3.39. The number of halogens is 1. The molecule has 1 aromatic rings. The lowest BCUT2D eigenvalue weighted by molar-refractivity contribution is 0.193. The summed E-state index contributed by atoms with van der Waals surface area (Å²) in [7, 11) is 0. The molecule has 2 amide bonds. The number of hydrogen-bond donors (Lipinski definition) is 2. The predicted molar refractivity (Wildman–Crippen MR) is 86.8 cm³/mol. The maximum Gasteiger partial charge on any atom is 0.317 e. The Hall–Kier alpha value is -1.26. The molecule has 0 radical (unpaired) electrons. The van der Waals surface area contributed by atoms with E-state index in [-0.39, 0.29) is 24.6 Å². The number of hydrogen-bond acceptors (Lipinski definition) is 2. The molecule has 1 saturated heterocycles. The molecule has 0 spiro atoms. The number of aliphatic hydroxyl groups is 1. The number of carbonyl (C=O) groups excluding carboxylic acids is 1. The minimum atomic E-state index is -0.0185. The van der Waals surface area contributed by atoms with Gasteiger partial charge >= 0.3 is 6.03 Å². The molecule has 5 heteroatoms. The van der Waals surface area contributed by atoms with Gasteiger partial charge in [0.25, 0.3) is 0 Å². The Balaban J connectivity index is 1.68. The summed E-state index contributed by atoms with van der Waals surface area (Å²) in [6.07, 6.45) is 2.03. The largest absolute Gasteiger partial charge is 0.396 e. The topological polar surface area (TPSA) is 52.6 Å². The van der Waals surface area contributed by atoms with Gasteiger partial charge in [0.05, 0.1) is 6.04 Å². The molecule has 0 bridgehead atoms. The molecule has 2 aliphatic rings. The van der Waals surface area contributed by atoms with Crippen LogP contribution in [-0.2, 0) is 0 Å². The van der Waals surface area contributed by atoms with Gasteiger partial charge in [0.15, 0.2) is 0 Å². The molecule has 4 nitrogen and oxygen atoms in total. The van der Waals surface area contributed by atoms with E-state index in [0.717, 1.165) is 24.9 Å². The molecular weight excluding hydrogens is 300 g/mol. The van der Waals surface area contributed by atoms with Crippen LogP contribution in [-0.4, -0.2) is 35.7 Å². The molecule has 0 aromatic heterocycles. The number of aliphatic hydroxyl groups excluding tert-OH is 1. The fourth-order valence-electron chi connectivity index (χ4n) is 3.31. The first-order chi connectivity index (χ1) is 10.6. The molecule has 3 rings (SSSR count). The van der Waals surface area contributed by atoms with Gasteiger partial charge < -0.3 is 15.3 Å². The summed E-state index contributed by atoms with van der Waals surface area (Å²) in [5, 5.41) is 13.1. The lowest BCUT2D eigenvalue weighted by Crippen LogP contribution is -2.41. The zero-order chi connectivity index (χ0) is 15.7. The third-order valence-electron chi connectivity index (χ3n) is 4.94. The van der Waals surface area contributed by atoms with Crippen molar-refractivity contribution in [3.8, 4) is 0 Å². The fourth-order valence-corrected chi connectivity index (χ4v) is 3.44. The van der Waals surface area contributed by atoms with Crippen LogP contribution in [0.3, 0.4) is 0 Å². The monoisotopic (exact) mass is 322 g/mol. The summed E-state index contributed by atoms with van der Waals surface area (Å²) in [6, 6.07) is 7.78. The minimum Gasteiger partial charge on any atom is -0.396 e. The van der Waals surface area contributed by atoms with Crippen molar-refractivity contribution in [2.45, 2.75) is 25.8 Å². The van der Waals surface area contributed by atoms with E-state index in [2.05, 4.69) is 12.2 Å². The van der Waals surface area contributed by atoms with Crippen molar-refractivity contribution in [2.24, 2.45) is 17.8 Å². The smallest absolute Gasteiger partial charge is 0.317 e. The Morgan fingerprint density at radius 1 is 1.45 bits per heavy atom. The molecular formula is C17H23ClN2O2. The first-order valence-corrected chi connectivity index (χ1v) is 8.38. The van der Waals surface area contributed by atoms with E-state index in [1.807, 2.05) is 29.2 Å². The van der Waals surface area contributed by atoms with Crippen LogP contribution in [0.2, 0.25) is 5.02 Å². The minimum absolute atomic E-state index is 0.0185. The molecule has 4 atom stereocenters. The highest BCUT2D eigenvalue weighted by atomic mass is 35.5. The number of amides is 2. The van der Waals surface area contributed by atoms with Crippen LogP contribution < -0.4 is 5.32 Å². The third-order valence-corrected chi connectivity index (χ3v) is 5.19. The van der Waals surface area contributed by atoms with Gasteiger partial charge in [-0.2, -0.15) is 0 Å². The first kappa shape index (κ1) is 15.6. The van der Waals surface area contributed by atoms with Gasteiger partial charge in [0, 0.05) is 30.6 Å². The second kappa shape index (κ2) is 6.47. The Morgan fingerprint density at radius 3 is 2.68 bits per heavy atom. The molecule has 1 aliphatic heterocycles. The molecule has 4 unspecified atom stereocenters. The number of likely N-dealkylation sites (tertiary alicyclic amines) is 1. The first-order valence-electron chi connectivity index (χ1n) is 8.00. The van der Waals surface area contributed by atoms with E-state index < -0.39 is 0 Å². The second-order valence-electron chi connectivity index (χ2n) is 6.64. The van der Waals surface area contributed by atoms with E-state index in [1.165, 1.54) is 0 Å². The molecule has 1 aliphatic carbocycles. The van der Waals surface area contributed by atoms with Crippen molar-refractivity contribution in [1.82, 2.24) is 10.2 Å². The zero-order valence-corrected chi connectivity index (χ0v) is 13.6. The number of urea groups is 1. The number of nitrogens with zero attached hydrogens (tertiary/aromatic N) is 1. The van der Waals surface area contributed by atoms with Crippen LogP contribution >= 0.6 is 11.6 Å². The normalized spacial score (nSPS) is 28.5. The lowest BCUT2D eigenvalue weighted by Gasteiger charge is -2.24. The van der Waals surface area contributed by atoms with Crippen LogP contribution in [0.1, 0.15) is 31.4 Å². The van der Waals surface area contributed by atoms with Gasteiger partial charge in [-0.3, -0.25) is 0 Å². The Labute approximate surface area is 136 Å². The van der Waals surface area contributed by atoms with Gasteiger partial charge in [0.2, 0.25) is 0 Å². The van der Waals surface area contributed by atoms with Crippen LogP contribution in [0, 0.1) is 17.8 Å². The maximum absolute atomic E-state index is 12.5. The van der Waals surface area contributed by atoms with Crippen molar-refractivity contribution in [3.63, 3.8) is 0 Å². The zero-order valence-electron chi connectivity index (χ0n) is 12.8. The second-order valence-corrected chi connectivity index (χ2v) is 7.08. The quantitative estimate of drug-likeness (QED) is 0.895. The summed E-state index contributed by atoms with van der Waals surface area (Å²) in [5.41, 5.74) is 1.12. The van der Waals surface area contributed by atoms with Crippen LogP contribution in [0.25, 0.3) is 0 Å². The molecule has 120 valence electrons. The highest BCUT2D eigenvalue weighted by Gasteiger charge is 2.41. The standard InChI is InChI=1S/C17H23ClN2O2/c1-11-8-15(11)16(13-2-4-14(18)5-3-13)19-17(22)20-7-6-12(9-20)10-21/h2-5,11-12,15-16,21H,6-10H2,1H3,(H,19,22). The average molecular weight is 323 g/mol. The predicted octanol–water partition coefficient (Wildman–Crippen LogP) is 3.06. The van der Waals surface area contributed by atoms with E-state index in [1.54, 1.807) is 0 Å². The van der Waals surface area contributed by atoms with Crippen LogP contribution in [0.15, 0.2) is 24.3 Å². The van der Waals surface area contributed by atoms with Crippen molar-refractivity contribution >= 4 is 17.6 Å². The van der Waals surface area contributed by atoms with E-state index in [4.69, 9.17) is 11.6 Å². The number of rotatable bonds is 4. The van der Waals surface area contributed by atoms with Gasteiger partial charge in [-0.15, -0.1) is 0 Å². The van der Waals surface area contributed by atoms with Gasteiger partial charge in [0.1, 0.15) is 0 Å². The SMILES string of the molecule is CC1CC1C(NC(=O)N1CCC(CO)C1)c1ccc(Cl)cc1. The van der Waals surface area contributed by atoms with Crippen LogP contribution in [0.5, 0.6) is 0 Å². The summed E-state index contributed by atoms with van der Waals surface area (Å²) < 4.78 is 0. The molecule has 2 fully saturated rings. The highest BCUT2D eigenvalue weighted by molar-refractivity contribution is 6.30. The summed E-state index contributed by atoms with van der Waals surface area (Å²) in [5.74, 6) is 1.37. The van der Waals surface area contributed by atoms with Crippen LogP contribution in [0.4, 0.5) is 4.79 Å². The van der Waals surface area contributed by atoms with Gasteiger partial charge in [-0.05, 0) is 42.4 Å². The van der Waals surface area contributed by atoms with Crippen molar-refractivity contribution in [2.75, 3.05) is 19.7 Å². The molecule has 1 aromatic carbocycles. The Morgan fingerprint density at radius 2 is 2.14 bits per heavy atom. The molecule has 22 heavy (non-hydrogen) atoms. The molecule has 2 N–H and O–H groups in total. The fraction of sp³-hybridized carbons (Fsp3) is 0.588. The average Bonchev–Trinajstić information content (AvgIpc) is 3.04. The van der Waals surface area contributed by atoms with Gasteiger partial charge in [-0.25, -0.2) is 4.79 Å². The van der Waals surface area contributed by atoms with E-state index in [9.17, 15) is 9.90 Å². The summed E-state index contributed by atoms with van der Waals surface area (Å²) >= 11 is 5.96. The van der Waals surface area contributed by atoms with E-state index in [0.29, 0.717) is 23.4 Å². The number of carbonyl (C=O) groups is 1. The summed E-state index contributed by atoms with van der Waals surface area (Å²) in [4.78, 5) is 14.3. The lowest BCUT2D eigenvalue weighted by atomic mass is 10.0. The summed E-state index contributed by atoms with van der Waals surface area (Å²) in [6.45, 7) is 3.75. The Kier molecular flexibility index (Phi) is 4.59.